The second-order valence-corrected chi connectivity index (χ2v) is 6.41. The molecule has 0 saturated heterocycles. The van der Waals surface area contributed by atoms with Crippen molar-refractivity contribution in [1.82, 2.24) is 14.9 Å². The standard InChI is InChI=1S/C18H21N3O2/c1-23-15-4-2-14-10-21(7-6-12(14)8-15)18(22)13-3-5-16-17(9-13)20-11-19-16/h2,4,8,11,13H,3,5-7,9-10H2,1H3,(H,19,20)/t13-/m1/s1. The van der Waals surface area contributed by atoms with Crippen LogP contribution in [0.25, 0.3) is 0 Å². The summed E-state index contributed by atoms with van der Waals surface area (Å²) in [7, 11) is 1.69. The van der Waals surface area contributed by atoms with Crippen molar-refractivity contribution >= 4 is 5.91 Å². The van der Waals surface area contributed by atoms with Gasteiger partial charge in [0.05, 0.1) is 19.1 Å². The Hall–Kier alpha value is -2.30. The van der Waals surface area contributed by atoms with E-state index in [4.69, 9.17) is 4.74 Å². The molecule has 2 aliphatic rings. The van der Waals surface area contributed by atoms with Crippen molar-refractivity contribution in [2.45, 2.75) is 32.2 Å². The molecule has 1 atom stereocenters. The smallest absolute Gasteiger partial charge is 0.226 e. The van der Waals surface area contributed by atoms with E-state index in [1.807, 2.05) is 11.0 Å². The predicted octanol–water partition coefficient (Wildman–Crippen LogP) is 2.11. The molecule has 5 heteroatoms. The molecule has 2 aromatic rings. The van der Waals surface area contributed by atoms with Crippen molar-refractivity contribution in [3.05, 3.63) is 47.0 Å². The van der Waals surface area contributed by atoms with Gasteiger partial charge in [-0.15, -0.1) is 0 Å². The van der Waals surface area contributed by atoms with E-state index in [0.29, 0.717) is 6.54 Å². The van der Waals surface area contributed by atoms with Gasteiger partial charge in [0.2, 0.25) is 5.91 Å². The van der Waals surface area contributed by atoms with Crippen LogP contribution in [0.2, 0.25) is 0 Å². The molecule has 23 heavy (non-hydrogen) atoms. The van der Waals surface area contributed by atoms with E-state index in [1.54, 1.807) is 13.4 Å². The SMILES string of the molecule is COc1ccc2c(c1)CCN(C(=O)[C@@H]1CCc3nc[nH]c3C1)C2. The highest BCUT2D eigenvalue weighted by Gasteiger charge is 2.31. The second kappa shape index (κ2) is 5.72. The maximum absolute atomic E-state index is 12.9. The molecular weight excluding hydrogens is 290 g/mol. The summed E-state index contributed by atoms with van der Waals surface area (Å²) in [6, 6.07) is 6.15. The van der Waals surface area contributed by atoms with Crippen LogP contribution in [0.3, 0.4) is 0 Å². The molecule has 1 N–H and O–H groups in total. The molecule has 0 unspecified atom stereocenters. The molecule has 1 aromatic carbocycles. The van der Waals surface area contributed by atoms with Crippen molar-refractivity contribution in [2.24, 2.45) is 5.92 Å². The highest BCUT2D eigenvalue weighted by Crippen LogP contribution is 2.28. The van der Waals surface area contributed by atoms with Gasteiger partial charge in [-0.1, -0.05) is 6.07 Å². The molecule has 0 saturated carbocycles. The Morgan fingerprint density at radius 2 is 2.26 bits per heavy atom. The third-order valence-corrected chi connectivity index (χ3v) is 5.07. The molecule has 1 aliphatic heterocycles. The fourth-order valence-corrected chi connectivity index (χ4v) is 3.71. The zero-order chi connectivity index (χ0) is 15.8. The highest BCUT2D eigenvalue weighted by molar-refractivity contribution is 5.79. The number of H-pyrrole nitrogens is 1. The lowest BCUT2D eigenvalue weighted by Crippen LogP contribution is -2.41. The Morgan fingerprint density at radius 1 is 1.35 bits per heavy atom. The number of fused-ring (bicyclic) bond motifs is 2. The lowest BCUT2D eigenvalue weighted by Gasteiger charge is -2.33. The van der Waals surface area contributed by atoms with E-state index in [9.17, 15) is 4.79 Å². The Morgan fingerprint density at radius 3 is 3.13 bits per heavy atom. The summed E-state index contributed by atoms with van der Waals surface area (Å²) in [5.41, 5.74) is 4.80. The molecule has 4 rings (SSSR count). The number of nitrogens with one attached hydrogen (secondary N) is 1. The van der Waals surface area contributed by atoms with E-state index in [2.05, 4.69) is 22.1 Å². The molecule has 0 fully saturated rings. The molecule has 5 nitrogen and oxygen atoms in total. The van der Waals surface area contributed by atoms with Crippen LogP contribution in [0.5, 0.6) is 5.75 Å². The Bertz CT molecular complexity index is 738. The normalized spacial score (nSPS) is 19.9. The van der Waals surface area contributed by atoms with Crippen molar-refractivity contribution in [1.29, 1.82) is 0 Å². The molecule has 0 radical (unpaired) electrons. The summed E-state index contributed by atoms with van der Waals surface area (Å²) in [6.45, 7) is 1.51. The first kappa shape index (κ1) is 14.3. The van der Waals surface area contributed by atoms with E-state index >= 15 is 0 Å². The largest absolute Gasteiger partial charge is 0.497 e. The number of benzene rings is 1. The molecule has 0 bridgehead atoms. The maximum Gasteiger partial charge on any atom is 0.226 e. The lowest BCUT2D eigenvalue weighted by molar-refractivity contribution is -0.136. The quantitative estimate of drug-likeness (QED) is 0.924. The van der Waals surface area contributed by atoms with Crippen molar-refractivity contribution in [3.63, 3.8) is 0 Å². The van der Waals surface area contributed by atoms with Crippen LogP contribution < -0.4 is 4.74 Å². The number of carbonyl (C=O) groups is 1. The predicted molar refractivity (Wildman–Crippen MR) is 86.2 cm³/mol. The molecule has 0 spiro atoms. The first-order valence-electron chi connectivity index (χ1n) is 8.20. The van der Waals surface area contributed by atoms with Gasteiger partial charge in [0.25, 0.3) is 0 Å². The summed E-state index contributed by atoms with van der Waals surface area (Å²) >= 11 is 0. The van der Waals surface area contributed by atoms with Gasteiger partial charge in [0.15, 0.2) is 0 Å². The number of aromatic amines is 1. The fourth-order valence-electron chi connectivity index (χ4n) is 3.71. The number of ether oxygens (including phenoxy) is 1. The number of aromatic nitrogens is 2. The van der Waals surface area contributed by atoms with Crippen LogP contribution in [0, 0.1) is 5.92 Å². The van der Waals surface area contributed by atoms with Crippen molar-refractivity contribution in [3.8, 4) is 5.75 Å². The van der Waals surface area contributed by atoms with Gasteiger partial charge in [0.1, 0.15) is 5.75 Å². The van der Waals surface area contributed by atoms with Gasteiger partial charge in [-0.25, -0.2) is 4.98 Å². The number of hydrogen-bond donors (Lipinski definition) is 1. The van der Waals surface area contributed by atoms with Gasteiger partial charge >= 0.3 is 0 Å². The molecule has 1 amide bonds. The number of nitrogens with zero attached hydrogens (tertiary/aromatic N) is 2. The summed E-state index contributed by atoms with van der Waals surface area (Å²) in [5, 5.41) is 0. The minimum atomic E-state index is 0.0859. The van der Waals surface area contributed by atoms with Crippen molar-refractivity contribution < 1.29 is 9.53 Å². The second-order valence-electron chi connectivity index (χ2n) is 6.41. The summed E-state index contributed by atoms with van der Waals surface area (Å²) in [5.74, 6) is 1.26. The Balaban J connectivity index is 1.48. The Kier molecular flexibility index (Phi) is 3.56. The van der Waals surface area contributed by atoms with E-state index in [0.717, 1.165) is 49.4 Å². The number of methoxy groups -OCH3 is 1. The van der Waals surface area contributed by atoms with Gasteiger partial charge in [-0.3, -0.25) is 4.79 Å². The number of amides is 1. The minimum absolute atomic E-state index is 0.0859. The minimum Gasteiger partial charge on any atom is -0.497 e. The van der Waals surface area contributed by atoms with Gasteiger partial charge in [-0.05, 0) is 42.5 Å². The van der Waals surface area contributed by atoms with Crippen LogP contribution >= 0.6 is 0 Å². The zero-order valence-electron chi connectivity index (χ0n) is 13.3. The summed E-state index contributed by atoms with van der Waals surface area (Å²) in [4.78, 5) is 22.4. The monoisotopic (exact) mass is 311 g/mol. The number of hydrogen-bond acceptors (Lipinski definition) is 3. The van der Waals surface area contributed by atoms with Gasteiger partial charge in [0, 0.05) is 31.1 Å². The van der Waals surface area contributed by atoms with Crippen LogP contribution in [-0.2, 0) is 30.6 Å². The average Bonchev–Trinajstić information content (AvgIpc) is 3.07. The van der Waals surface area contributed by atoms with Crippen molar-refractivity contribution in [2.75, 3.05) is 13.7 Å². The Labute approximate surface area is 135 Å². The van der Waals surface area contributed by atoms with E-state index in [1.165, 1.54) is 11.1 Å². The molecule has 1 aromatic heterocycles. The van der Waals surface area contributed by atoms with Crippen LogP contribution in [0.4, 0.5) is 0 Å². The third-order valence-electron chi connectivity index (χ3n) is 5.07. The fraction of sp³-hybridized carbons (Fsp3) is 0.444. The van der Waals surface area contributed by atoms with Crippen LogP contribution in [-0.4, -0.2) is 34.4 Å². The van der Waals surface area contributed by atoms with E-state index in [-0.39, 0.29) is 11.8 Å². The zero-order valence-corrected chi connectivity index (χ0v) is 13.3. The molecule has 120 valence electrons. The number of aryl methyl sites for hydroxylation is 1. The molecule has 2 heterocycles. The molecular formula is C18H21N3O2. The lowest BCUT2D eigenvalue weighted by atomic mass is 9.88. The maximum atomic E-state index is 12.9. The molecule has 1 aliphatic carbocycles. The number of imidazole rings is 1. The third kappa shape index (κ3) is 2.60. The number of carbonyl (C=O) groups excluding carboxylic acids is 1. The van der Waals surface area contributed by atoms with E-state index < -0.39 is 0 Å². The van der Waals surface area contributed by atoms with Gasteiger partial charge < -0.3 is 14.6 Å². The highest BCUT2D eigenvalue weighted by atomic mass is 16.5. The average molecular weight is 311 g/mol. The summed E-state index contributed by atoms with van der Waals surface area (Å²) < 4.78 is 5.29. The first-order chi connectivity index (χ1) is 11.2. The first-order valence-corrected chi connectivity index (χ1v) is 8.20. The van der Waals surface area contributed by atoms with Gasteiger partial charge in [-0.2, -0.15) is 0 Å². The van der Waals surface area contributed by atoms with Crippen LogP contribution in [0.1, 0.15) is 28.9 Å². The topological polar surface area (TPSA) is 58.2 Å². The van der Waals surface area contributed by atoms with Crippen LogP contribution in [0.15, 0.2) is 24.5 Å². The summed E-state index contributed by atoms with van der Waals surface area (Å²) in [6.07, 6.45) is 5.24. The number of rotatable bonds is 2.